The summed E-state index contributed by atoms with van der Waals surface area (Å²) in [6.45, 7) is 0. The lowest BCUT2D eigenvalue weighted by molar-refractivity contribution is -0.113. The number of ether oxygens (including phenoxy) is 1. The Hall–Kier alpha value is -0.980. The zero-order chi connectivity index (χ0) is 13.1. The van der Waals surface area contributed by atoms with Crippen LogP contribution in [-0.2, 0) is 13.8 Å². The molecule has 1 rings (SSSR count). The number of methoxy groups -OCH3 is 1. The summed E-state index contributed by atoms with van der Waals surface area (Å²) in [6.07, 6.45) is 0. The van der Waals surface area contributed by atoms with Crippen molar-refractivity contribution in [3.63, 3.8) is 0 Å². The third kappa shape index (κ3) is 3.76. The highest BCUT2D eigenvalue weighted by molar-refractivity contribution is 8.13. The number of carbonyl (C=O) groups excluding carboxylic acids is 1. The maximum absolute atomic E-state index is 11.1. The number of hydrogen-bond donors (Lipinski definition) is 1. The second-order valence-electron chi connectivity index (χ2n) is 2.98. The van der Waals surface area contributed by atoms with Crippen LogP contribution in [0.4, 0.5) is 5.69 Å². The standard InChI is InChI=1S/C9H9Cl2NO4S/c1-16-8-3-2-6(17(11,14)15)4-7(8)12-9(13)5-10/h2-4H,5H2,1H3,(H,12,13). The summed E-state index contributed by atoms with van der Waals surface area (Å²) in [5.41, 5.74) is 0.194. The minimum absolute atomic E-state index is 0.134. The number of nitrogens with one attached hydrogen (secondary N) is 1. The van der Waals surface area contributed by atoms with Crippen LogP contribution in [0.3, 0.4) is 0 Å². The molecular formula is C9H9Cl2NO4S. The van der Waals surface area contributed by atoms with Crippen molar-refractivity contribution in [2.45, 2.75) is 4.90 Å². The fourth-order valence-electron chi connectivity index (χ4n) is 1.12. The summed E-state index contributed by atoms with van der Waals surface area (Å²) < 4.78 is 27.2. The average Bonchev–Trinajstić information content (AvgIpc) is 2.27. The van der Waals surface area contributed by atoms with Crippen molar-refractivity contribution in [1.29, 1.82) is 0 Å². The van der Waals surface area contributed by atoms with Gasteiger partial charge in [-0.15, -0.1) is 11.6 Å². The van der Waals surface area contributed by atoms with Crippen LogP contribution in [-0.4, -0.2) is 27.3 Å². The van der Waals surface area contributed by atoms with Gasteiger partial charge in [0, 0.05) is 10.7 Å². The Morgan fingerprint density at radius 1 is 1.47 bits per heavy atom. The van der Waals surface area contributed by atoms with Crippen LogP contribution < -0.4 is 10.1 Å². The Morgan fingerprint density at radius 2 is 2.12 bits per heavy atom. The molecule has 0 aliphatic rings. The van der Waals surface area contributed by atoms with E-state index in [1.165, 1.54) is 25.3 Å². The maximum atomic E-state index is 11.1. The third-order valence-electron chi connectivity index (χ3n) is 1.85. The van der Waals surface area contributed by atoms with Crippen molar-refractivity contribution in [1.82, 2.24) is 0 Å². The molecule has 0 atom stereocenters. The molecule has 0 spiro atoms. The zero-order valence-electron chi connectivity index (χ0n) is 8.74. The summed E-state index contributed by atoms with van der Waals surface area (Å²) in [5.74, 6) is -0.414. The van der Waals surface area contributed by atoms with Gasteiger partial charge in [0.15, 0.2) is 0 Å². The van der Waals surface area contributed by atoms with Gasteiger partial charge < -0.3 is 10.1 Å². The predicted molar refractivity (Wildman–Crippen MR) is 65.4 cm³/mol. The van der Waals surface area contributed by atoms with E-state index in [0.29, 0.717) is 5.75 Å². The summed E-state index contributed by atoms with van der Waals surface area (Å²) in [7, 11) is 2.72. The fourth-order valence-corrected chi connectivity index (χ4v) is 1.96. The Kier molecular flexibility index (Phi) is 4.62. The van der Waals surface area contributed by atoms with Gasteiger partial charge in [-0.05, 0) is 18.2 Å². The normalized spacial score (nSPS) is 11.0. The van der Waals surface area contributed by atoms with Crippen LogP contribution in [0, 0.1) is 0 Å². The van der Waals surface area contributed by atoms with Crippen molar-refractivity contribution in [2.24, 2.45) is 0 Å². The fraction of sp³-hybridized carbons (Fsp3) is 0.222. The van der Waals surface area contributed by atoms with Gasteiger partial charge >= 0.3 is 0 Å². The lowest BCUT2D eigenvalue weighted by Gasteiger charge is -2.10. The van der Waals surface area contributed by atoms with Crippen molar-refractivity contribution in [3.8, 4) is 5.75 Å². The van der Waals surface area contributed by atoms with Crippen LogP contribution in [0.25, 0.3) is 0 Å². The molecule has 5 nitrogen and oxygen atoms in total. The molecule has 1 amide bonds. The third-order valence-corrected chi connectivity index (χ3v) is 3.44. The van der Waals surface area contributed by atoms with E-state index < -0.39 is 15.0 Å². The highest BCUT2D eigenvalue weighted by Gasteiger charge is 2.14. The summed E-state index contributed by atoms with van der Waals surface area (Å²) >= 11 is 5.33. The minimum atomic E-state index is -3.86. The van der Waals surface area contributed by atoms with Crippen LogP contribution in [0.1, 0.15) is 0 Å². The second-order valence-corrected chi connectivity index (χ2v) is 5.81. The molecule has 0 aliphatic heterocycles. The molecule has 17 heavy (non-hydrogen) atoms. The smallest absolute Gasteiger partial charge is 0.261 e. The van der Waals surface area contributed by atoms with Crippen LogP contribution in [0.15, 0.2) is 23.1 Å². The molecule has 0 fully saturated rings. The molecule has 1 N–H and O–H groups in total. The molecule has 1 aromatic carbocycles. The quantitative estimate of drug-likeness (QED) is 0.679. The van der Waals surface area contributed by atoms with E-state index in [-0.39, 0.29) is 16.5 Å². The first-order chi connectivity index (χ1) is 7.88. The molecular weight excluding hydrogens is 289 g/mol. The lowest BCUT2D eigenvalue weighted by Crippen LogP contribution is -2.13. The monoisotopic (exact) mass is 297 g/mol. The Labute approximate surface area is 108 Å². The zero-order valence-corrected chi connectivity index (χ0v) is 11.1. The molecule has 8 heteroatoms. The summed E-state index contributed by atoms with van der Waals surface area (Å²) in [6, 6.07) is 3.86. The number of halogens is 2. The van der Waals surface area contributed by atoms with Gasteiger partial charge in [-0.1, -0.05) is 0 Å². The first kappa shape index (κ1) is 14.1. The molecule has 0 aliphatic carbocycles. The Bertz CT molecular complexity index is 530. The lowest BCUT2D eigenvalue weighted by atomic mass is 10.3. The predicted octanol–water partition coefficient (Wildman–Crippen LogP) is 1.80. The van der Waals surface area contributed by atoms with Crippen LogP contribution >= 0.6 is 22.3 Å². The molecule has 0 unspecified atom stereocenters. The first-order valence-corrected chi connectivity index (χ1v) is 7.21. The van der Waals surface area contributed by atoms with E-state index in [0.717, 1.165) is 0 Å². The molecule has 0 saturated heterocycles. The highest BCUT2D eigenvalue weighted by Crippen LogP contribution is 2.28. The van der Waals surface area contributed by atoms with Crippen LogP contribution in [0.2, 0.25) is 0 Å². The number of anilines is 1. The van der Waals surface area contributed by atoms with Crippen LogP contribution in [0.5, 0.6) is 5.75 Å². The van der Waals surface area contributed by atoms with Gasteiger partial charge in [0.05, 0.1) is 17.7 Å². The topological polar surface area (TPSA) is 72.5 Å². The number of hydrogen-bond acceptors (Lipinski definition) is 4. The van der Waals surface area contributed by atoms with E-state index in [4.69, 9.17) is 27.0 Å². The van der Waals surface area contributed by atoms with Gasteiger partial charge in [-0.2, -0.15) is 0 Å². The second kappa shape index (κ2) is 5.57. The summed E-state index contributed by atoms with van der Waals surface area (Å²) in [5, 5.41) is 2.40. The molecule has 94 valence electrons. The van der Waals surface area contributed by atoms with Gasteiger partial charge in [-0.3, -0.25) is 4.79 Å². The number of carbonyl (C=O) groups is 1. The number of benzene rings is 1. The van der Waals surface area contributed by atoms with E-state index in [9.17, 15) is 13.2 Å². The Morgan fingerprint density at radius 3 is 2.59 bits per heavy atom. The molecule has 0 bridgehead atoms. The van der Waals surface area contributed by atoms with Gasteiger partial charge in [-0.25, -0.2) is 8.42 Å². The highest BCUT2D eigenvalue weighted by atomic mass is 35.7. The molecule has 0 radical (unpaired) electrons. The van der Waals surface area contributed by atoms with E-state index >= 15 is 0 Å². The number of rotatable bonds is 4. The SMILES string of the molecule is COc1ccc(S(=O)(=O)Cl)cc1NC(=O)CCl. The minimum Gasteiger partial charge on any atom is -0.495 e. The molecule has 0 heterocycles. The van der Waals surface area contributed by atoms with E-state index in [2.05, 4.69) is 5.32 Å². The van der Waals surface area contributed by atoms with E-state index in [1.54, 1.807) is 0 Å². The first-order valence-electron chi connectivity index (χ1n) is 4.37. The largest absolute Gasteiger partial charge is 0.495 e. The van der Waals surface area contributed by atoms with E-state index in [1.807, 2.05) is 0 Å². The maximum Gasteiger partial charge on any atom is 0.261 e. The molecule has 0 saturated carbocycles. The molecule has 0 aromatic heterocycles. The number of alkyl halides is 1. The van der Waals surface area contributed by atoms with Crippen molar-refractivity contribution < 1.29 is 17.9 Å². The van der Waals surface area contributed by atoms with Gasteiger partial charge in [0.25, 0.3) is 9.05 Å². The van der Waals surface area contributed by atoms with Gasteiger partial charge in [0.2, 0.25) is 5.91 Å². The Balaban J connectivity index is 3.20. The van der Waals surface area contributed by atoms with Gasteiger partial charge in [0.1, 0.15) is 11.6 Å². The molecule has 1 aromatic rings. The average molecular weight is 298 g/mol. The van der Waals surface area contributed by atoms with Crippen molar-refractivity contribution in [2.75, 3.05) is 18.3 Å². The summed E-state index contributed by atoms with van der Waals surface area (Å²) in [4.78, 5) is 11.0. The van der Waals surface area contributed by atoms with Crippen molar-refractivity contribution in [3.05, 3.63) is 18.2 Å². The number of amides is 1. The van der Waals surface area contributed by atoms with Crippen molar-refractivity contribution >= 4 is 42.9 Å².